The molecule has 23 heteroatoms. The van der Waals surface area contributed by atoms with Gasteiger partial charge in [0.15, 0.2) is 47.7 Å². The molecule has 4 aromatic heterocycles. The van der Waals surface area contributed by atoms with Gasteiger partial charge in [-0.25, -0.2) is 38.7 Å². The molecule has 7 rings (SSSR count). The van der Waals surface area contributed by atoms with Gasteiger partial charge in [-0.3, -0.25) is 17.8 Å². The van der Waals surface area contributed by atoms with Crippen LogP contribution in [0.2, 0.25) is 0 Å². The highest BCUT2D eigenvalue weighted by Crippen LogP contribution is 2.51. The number of fused-ring (bicyclic) bond motifs is 5. The van der Waals surface area contributed by atoms with Crippen molar-refractivity contribution in [1.82, 2.24) is 39.0 Å². The Labute approximate surface area is 251 Å². The number of nitrogen functional groups attached to an aromatic ring is 2. The van der Waals surface area contributed by atoms with Gasteiger partial charge in [0.2, 0.25) is 0 Å². The molecule has 3 saturated heterocycles. The molecular weight excluding hydrogens is 653 g/mol. The Kier molecular flexibility index (Phi) is 7.25. The monoisotopic (exact) mass is 676 g/mol. The van der Waals surface area contributed by atoms with E-state index in [2.05, 4.69) is 29.9 Å². The van der Waals surface area contributed by atoms with E-state index in [0.717, 1.165) is 6.33 Å². The van der Waals surface area contributed by atoms with Crippen molar-refractivity contribution in [2.24, 2.45) is 0 Å². The highest BCUT2D eigenvalue weighted by Gasteiger charge is 2.53. The predicted molar refractivity (Wildman–Crippen MR) is 148 cm³/mol. The maximum Gasteiger partial charge on any atom is 0.325 e. The highest BCUT2D eigenvalue weighted by atomic mass is 32.5. The van der Waals surface area contributed by atoms with E-state index in [1.807, 2.05) is 0 Å². The molecule has 18 nitrogen and oxygen atoms in total. The van der Waals surface area contributed by atoms with Crippen molar-refractivity contribution < 1.29 is 44.8 Å². The molecule has 0 radical (unpaired) electrons. The lowest BCUT2D eigenvalue weighted by molar-refractivity contribution is -0.0502. The van der Waals surface area contributed by atoms with Gasteiger partial charge in [-0.2, -0.15) is 8.42 Å². The van der Waals surface area contributed by atoms with Crippen LogP contribution in [0.3, 0.4) is 0 Å². The smallest absolute Gasteiger partial charge is 0.325 e. The van der Waals surface area contributed by atoms with Gasteiger partial charge in [-0.15, -0.1) is 0 Å². The molecule has 3 fully saturated rings. The van der Waals surface area contributed by atoms with Crippen LogP contribution in [-0.2, 0) is 44.6 Å². The fraction of sp³-hybridized carbons (Fsp3) is 0.524. The second kappa shape index (κ2) is 10.8. The summed E-state index contributed by atoms with van der Waals surface area (Å²) in [6, 6.07) is 0. The van der Waals surface area contributed by atoms with Crippen molar-refractivity contribution in [3.63, 3.8) is 0 Å². The van der Waals surface area contributed by atoms with Crippen LogP contribution in [0.25, 0.3) is 22.3 Å². The average molecular weight is 677 g/mol. The fourth-order valence-electron chi connectivity index (χ4n) is 5.37. The van der Waals surface area contributed by atoms with Gasteiger partial charge in [-0.1, -0.05) is 0 Å². The van der Waals surface area contributed by atoms with Crippen LogP contribution in [0.5, 0.6) is 0 Å². The number of alkyl halides is 2. The Morgan fingerprint density at radius 1 is 0.886 bits per heavy atom. The number of rotatable bonds is 2. The Hall–Kier alpha value is -3.08. The number of anilines is 2. The zero-order valence-electron chi connectivity index (χ0n) is 22.1. The van der Waals surface area contributed by atoms with Crippen molar-refractivity contribution in [3.8, 4) is 0 Å². The number of halogens is 2. The Morgan fingerprint density at radius 3 is 2.11 bits per heavy atom. The summed E-state index contributed by atoms with van der Waals surface area (Å²) in [4.78, 5) is 35.1. The fourth-order valence-corrected chi connectivity index (χ4v) is 7.96. The zero-order chi connectivity index (χ0) is 31.0. The molecule has 3 aliphatic heterocycles. The van der Waals surface area contributed by atoms with E-state index in [1.54, 1.807) is 0 Å². The third-order valence-corrected chi connectivity index (χ3v) is 10.2. The van der Waals surface area contributed by atoms with Gasteiger partial charge in [0.1, 0.15) is 42.0 Å². The first-order valence-electron chi connectivity index (χ1n) is 12.9. The quantitative estimate of drug-likeness (QED) is 0.187. The molecule has 0 aliphatic carbocycles. The summed E-state index contributed by atoms with van der Waals surface area (Å²) in [6.07, 6.45) is -8.75. The minimum atomic E-state index is -4.51. The lowest BCUT2D eigenvalue weighted by Crippen LogP contribution is -2.37. The molecule has 0 saturated carbocycles. The normalized spacial score (nSPS) is 36.1. The summed E-state index contributed by atoms with van der Waals surface area (Å²) in [5.74, 6) is -0.677. The number of imidazole rings is 2. The third-order valence-electron chi connectivity index (χ3n) is 7.42. The van der Waals surface area contributed by atoms with Gasteiger partial charge in [-0.05, 0) is 18.2 Å². The molecule has 5 N–H and O–H groups in total. The molecule has 1 unspecified atom stereocenters. The average Bonchev–Trinajstić information content (AvgIpc) is 3.73. The maximum atomic E-state index is 15.9. The standard InChI is InChI=1S/C21H23F2N10O8PS2/c22-10-8-1-2-44(35,36)41-14-9(39-20(11(14)23)32-6-30-12-16(24)26-4-28-18(12)32)3-37-42(34,43)40-15(10)21(38-8)33-7-31-13-17(25)27-5-29-19(13)33/h4-11,14-15,20-21H,1-3H2,(H,34,43)(H2,24,26,28)(H2,25,27,29)/t8-,9-,10-,11-,14-,15-,20-,21-,42?/m1/s1. The van der Waals surface area contributed by atoms with Crippen LogP contribution >= 0.6 is 6.72 Å². The largest absolute Gasteiger partial charge is 0.382 e. The van der Waals surface area contributed by atoms with E-state index in [4.69, 9.17) is 46.0 Å². The Morgan fingerprint density at radius 2 is 1.48 bits per heavy atom. The lowest BCUT2D eigenvalue weighted by Gasteiger charge is -2.26. The van der Waals surface area contributed by atoms with Gasteiger partial charge < -0.3 is 30.4 Å². The number of nitrogens with zero attached hydrogens (tertiary/aromatic N) is 8. The number of hydrogen-bond acceptors (Lipinski definition) is 16. The van der Waals surface area contributed by atoms with Crippen LogP contribution < -0.4 is 11.5 Å². The molecule has 0 amide bonds. The van der Waals surface area contributed by atoms with E-state index in [-0.39, 0.29) is 34.0 Å². The molecule has 44 heavy (non-hydrogen) atoms. The zero-order valence-corrected chi connectivity index (χ0v) is 24.6. The number of aromatic nitrogens is 8. The summed E-state index contributed by atoms with van der Waals surface area (Å²) in [7, 11) is -4.51. The topological polar surface area (TPSA) is 240 Å². The maximum absolute atomic E-state index is 15.9. The SMILES string of the molecule is Nc1ncnc2c1ncn2[C@@H]1O[C@@H]2COP(O)(=S)O[C@@H]3[C@H](F)[C@@H](CCS(=O)(=O)O[C@H]2[C@H]1F)O[C@H]3n1cnc2c(N)ncnc21. The number of hydrogen-bond donors (Lipinski definition) is 3. The second-order valence-electron chi connectivity index (χ2n) is 10.1. The van der Waals surface area contributed by atoms with Gasteiger partial charge in [0, 0.05) is 0 Å². The molecule has 0 aromatic carbocycles. The second-order valence-corrected chi connectivity index (χ2v) is 14.6. The van der Waals surface area contributed by atoms with Crippen LogP contribution in [0, 0.1) is 0 Å². The summed E-state index contributed by atoms with van der Waals surface area (Å²) < 4.78 is 88.4. The van der Waals surface area contributed by atoms with E-state index < -0.39 is 84.8 Å². The molecule has 2 bridgehead atoms. The lowest BCUT2D eigenvalue weighted by atomic mass is 10.1. The number of ether oxygens (including phenoxy) is 2. The van der Waals surface area contributed by atoms with Crippen molar-refractivity contribution in [2.75, 3.05) is 23.8 Å². The first-order valence-corrected chi connectivity index (χ1v) is 17.1. The van der Waals surface area contributed by atoms with Gasteiger partial charge >= 0.3 is 6.72 Å². The van der Waals surface area contributed by atoms with Crippen LogP contribution in [0.15, 0.2) is 25.3 Å². The molecule has 236 valence electrons. The van der Waals surface area contributed by atoms with Crippen LogP contribution in [0.4, 0.5) is 20.4 Å². The molecular formula is C21H23F2N10O8PS2. The molecule has 4 aromatic rings. The van der Waals surface area contributed by atoms with E-state index >= 15 is 8.78 Å². The molecule has 0 spiro atoms. The van der Waals surface area contributed by atoms with Crippen molar-refractivity contribution >= 4 is 62.6 Å². The van der Waals surface area contributed by atoms with Gasteiger partial charge in [0.05, 0.1) is 31.1 Å². The third kappa shape index (κ3) is 5.08. The molecule has 7 heterocycles. The minimum absolute atomic E-state index is 0.0333. The summed E-state index contributed by atoms with van der Waals surface area (Å²) in [5, 5.41) is 0. The van der Waals surface area contributed by atoms with Crippen LogP contribution in [0.1, 0.15) is 18.9 Å². The van der Waals surface area contributed by atoms with E-state index in [1.165, 1.54) is 28.1 Å². The van der Waals surface area contributed by atoms with Gasteiger partial charge in [0.25, 0.3) is 10.1 Å². The molecule has 3 aliphatic rings. The molecule has 9 atom stereocenters. The first kappa shape index (κ1) is 29.6. The Bertz CT molecular complexity index is 1900. The predicted octanol–water partition coefficient (Wildman–Crippen LogP) is 0.0389. The summed E-state index contributed by atoms with van der Waals surface area (Å²) >= 11 is 5.17. The first-order chi connectivity index (χ1) is 20.9. The van der Waals surface area contributed by atoms with Crippen molar-refractivity contribution in [2.45, 2.75) is 55.6 Å². The van der Waals surface area contributed by atoms with Crippen LogP contribution in [-0.4, -0.2) is 101 Å². The van der Waals surface area contributed by atoms with E-state index in [0.29, 0.717) is 0 Å². The summed E-state index contributed by atoms with van der Waals surface area (Å²) in [6.45, 7) is -5.00. The summed E-state index contributed by atoms with van der Waals surface area (Å²) in [5.41, 5.74) is 12.3. The van der Waals surface area contributed by atoms with Crippen molar-refractivity contribution in [3.05, 3.63) is 25.3 Å². The Balaban J connectivity index is 1.20. The van der Waals surface area contributed by atoms with E-state index in [9.17, 15) is 13.3 Å². The van der Waals surface area contributed by atoms with Crippen molar-refractivity contribution in [1.29, 1.82) is 0 Å². The number of nitrogens with two attached hydrogens (primary N) is 2. The minimum Gasteiger partial charge on any atom is -0.382 e. The highest BCUT2D eigenvalue weighted by molar-refractivity contribution is 8.07.